The van der Waals surface area contributed by atoms with E-state index in [1.807, 2.05) is 0 Å². The van der Waals surface area contributed by atoms with Gasteiger partial charge in [0.15, 0.2) is 0 Å². The van der Waals surface area contributed by atoms with Crippen molar-refractivity contribution >= 4 is 5.43 Å². The summed E-state index contributed by atoms with van der Waals surface area (Å²) in [6.07, 6.45) is 4.97. The van der Waals surface area contributed by atoms with E-state index in [0.29, 0.717) is 0 Å². The summed E-state index contributed by atoms with van der Waals surface area (Å²) in [6, 6.07) is 17.0. The predicted octanol–water partition coefficient (Wildman–Crippen LogP) is -0.492. The molecule has 0 bridgehead atoms. The minimum absolute atomic E-state index is 0. The molecule has 0 unspecified atom stereocenters. The van der Waals surface area contributed by atoms with Crippen LogP contribution in [0.3, 0.4) is 0 Å². The van der Waals surface area contributed by atoms with Gasteiger partial charge in [0, 0.05) is 0 Å². The van der Waals surface area contributed by atoms with Crippen molar-refractivity contribution in [2.75, 3.05) is 0 Å². The van der Waals surface area contributed by atoms with Crippen LogP contribution in [0.15, 0.2) is 48.5 Å². The van der Waals surface area contributed by atoms with Crippen LogP contribution in [0.2, 0.25) is 13.1 Å². The number of halogens is 2. The van der Waals surface area contributed by atoms with Crippen molar-refractivity contribution in [3.05, 3.63) is 59.7 Å². The Balaban J connectivity index is -0.000000249. The summed E-state index contributed by atoms with van der Waals surface area (Å²) in [5, 5.41) is 0. The summed E-state index contributed by atoms with van der Waals surface area (Å²) >= 11 is 1.74. The van der Waals surface area contributed by atoms with Crippen molar-refractivity contribution in [3.8, 4) is 0 Å². The Kier molecular flexibility index (Phi) is 24.1. The van der Waals surface area contributed by atoms with Crippen LogP contribution in [0.5, 0.6) is 0 Å². The van der Waals surface area contributed by atoms with Crippen LogP contribution in [-0.2, 0) is 36.2 Å². The van der Waals surface area contributed by atoms with Gasteiger partial charge >= 0.3 is 41.9 Å². The normalized spacial score (nSPS) is 8.27. The molecule has 124 valence electrons. The second-order valence-corrected chi connectivity index (χ2v) is 14.5. The van der Waals surface area contributed by atoms with Gasteiger partial charge in [0.25, 0.3) is 0 Å². The molecular weight excluding hydrogens is 406 g/mol. The molecule has 0 amide bonds. The third-order valence-electron chi connectivity index (χ3n) is 2.54. The molecule has 0 heterocycles. The van der Waals surface area contributed by atoms with Gasteiger partial charge in [0.05, 0.1) is 0 Å². The maximum absolute atomic E-state index is 2.31. The Bertz CT molecular complexity index is 382. The first kappa shape index (κ1) is 27.2. The van der Waals surface area contributed by atoms with Crippen molar-refractivity contribution in [2.45, 2.75) is 52.6 Å². The van der Waals surface area contributed by atoms with E-state index in [9.17, 15) is 0 Å². The van der Waals surface area contributed by atoms with E-state index in [4.69, 9.17) is 0 Å². The fourth-order valence-corrected chi connectivity index (χ4v) is 1.74. The topological polar surface area (TPSA) is 0 Å². The zero-order chi connectivity index (χ0) is 15.2. The smallest absolute Gasteiger partial charge is 1.00 e. The van der Waals surface area contributed by atoms with Crippen molar-refractivity contribution < 1.29 is 48.1 Å². The molecule has 0 atom stereocenters. The summed E-state index contributed by atoms with van der Waals surface area (Å²) in [6.45, 7) is 9.02. The number of aryl methyl sites for hydroxylation is 2. The van der Waals surface area contributed by atoms with Crippen LogP contribution in [0, 0.1) is 0 Å². The maximum atomic E-state index is 2.31. The number of hydrogen-bond donors (Lipinski definition) is 0. The van der Waals surface area contributed by atoms with Gasteiger partial charge in [-0.15, -0.1) is 0 Å². The summed E-state index contributed by atoms with van der Waals surface area (Å²) in [7, 11) is 0. The molecule has 2 aromatic rings. The van der Waals surface area contributed by atoms with E-state index in [-0.39, 0.29) is 30.2 Å². The number of rotatable bonds is 4. The minimum Gasteiger partial charge on any atom is -1.00 e. The van der Waals surface area contributed by atoms with Crippen molar-refractivity contribution in [3.63, 3.8) is 0 Å². The quantitative estimate of drug-likeness (QED) is 0.450. The van der Waals surface area contributed by atoms with E-state index in [2.05, 4.69) is 75.5 Å². The second kappa shape index (κ2) is 19.4. The maximum Gasteiger partial charge on any atom is -1.00 e. The molecule has 0 fully saturated rings. The van der Waals surface area contributed by atoms with Crippen LogP contribution >= 0.6 is 0 Å². The Hall–Kier alpha value is 0.380. The van der Waals surface area contributed by atoms with Gasteiger partial charge < -0.3 is 24.8 Å². The molecule has 2 aromatic carbocycles. The molecule has 4 heteroatoms. The summed E-state index contributed by atoms with van der Waals surface area (Å²) < 4.78 is 0. The second-order valence-electron chi connectivity index (χ2n) is 5.09. The van der Waals surface area contributed by atoms with Crippen molar-refractivity contribution in [1.29, 1.82) is 0 Å². The molecule has 0 spiro atoms. The van der Waals surface area contributed by atoms with Gasteiger partial charge in [0.2, 0.25) is 0 Å². The minimum atomic E-state index is 0. The Morgan fingerprint density at radius 1 is 0.727 bits per heavy atom. The van der Waals surface area contributed by atoms with Crippen molar-refractivity contribution in [2.24, 2.45) is 0 Å². The summed E-state index contributed by atoms with van der Waals surface area (Å²) in [5.74, 6) is 0. The third kappa shape index (κ3) is 18.4. The fourth-order valence-electron chi connectivity index (χ4n) is 1.74. The monoisotopic (exact) mass is 432 g/mol. The van der Waals surface area contributed by atoms with E-state index in [1.54, 1.807) is 23.3 Å². The Morgan fingerprint density at radius 3 is 1.14 bits per heavy atom. The molecule has 0 nitrogen and oxygen atoms in total. The first-order valence-corrected chi connectivity index (χ1v) is 13.7. The predicted molar refractivity (Wildman–Crippen MR) is 89.5 cm³/mol. The largest absolute Gasteiger partial charge is 1.00 e. The molecule has 22 heavy (non-hydrogen) atoms. The SMILES string of the molecule is CCC[c-]1cccc1.CCC[c-]1cccc1.C[Si](C)=[Zr+2].[Cl-].[Cl-]. The Morgan fingerprint density at radius 2 is 0.955 bits per heavy atom. The van der Waals surface area contributed by atoms with Crippen LogP contribution in [0.25, 0.3) is 0 Å². The summed E-state index contributed by atoms with van der Waals surface area (Å²) in [4.78, 5) is 0. The Labute approximate surface area is 165 Å². The van der Waals surface area contributed by atoms with Crippen molar-refractivity contribution in [1.82, 2.24) is 0 Å². The first-order chi connectivity index (χ1) is 9.60. The van der Waals surface area contributed by atoms with Gasteiger partial charge in [-0.1, -0.05) is 39.5 Å². The molecule has 0 N–H and O–H groups in total. The average molecular weight is 435 g/mol. The molecule has 0 saturated carbocycles. The molecule has 0 aromatic heterocycles. The molecule has 0 aliphatic heterocycles. The molecule has 2 rings (SSSR count). The van der Waals surface area contributed by atoms with Gasteiger partial charge in [-0.2, -0.15) is 35.4 Å². The van der Waals surface area contributed by atoms with E-state index in [1.165, 1.54) is 36.8 Å². The standard InChI is InChI=1S/2C8H11.C2H6Si.2ClH.Zr/c2*1-2-5-8-6-3-4-7-8;1-3-2;;;/h2*3-4,6-7H,2,5H2,1H3;1-2H3;2*1H;/q2*-1;;;;+2/p-2. The van der Waals surface area contributed by atoms with Crippen LogP contribution in [0.1, 0.15) is 37.8 Å². The van der Waals surface area contributed by atoms with E-state index in [0.717, 1.165) is 0 Å². The molecule has 0 saturated heterocycles. The van der Waals surface area contributed by atoms with E-state index >= 15 is 0 Å². The van der Waals surface area contributed by atoms with E-state index < -0.39 is 0 Å². The summed E-state index contributed by atoms with van der Waals surface area (Å²) in [5.41, 5.74) is 3.14. The van der Waals surface area contributed by atoms with Crippen LogP contribution in [-0.4, -0.2) is 5.43 Å². The van der Waals surface area contributed by atoms with Gasteiger partial charge in [-0.25, -0.2) is 24.3 Å². The van der Waals surface area contributed by atoms with Gasteiger partial charge in [-0.3, -0.25) is 0 Å². The average Bonchev–Trinajstić information content (AvgIpc) is 3.03. The van der Waals surface area contributed by atoms with Gasteiger partial charge in [0.1, 0.15) is 0 Å². The number of hydrogen-bond acceptors (Lipinski definition) is 0. The third-order valence-corrected chi connectivity index (χ3v) is 2.54. The molecule has 0 radical (unpaired) electrons. The first-order valence-electron chi connectivity index (χ1n) is 7.53. The van der Waals surface area contributed by atoms with Gasteiger partial charge in [-0.05, 0) is 0 Å². The van der Waals surface area contributed by atoms with Crippen LogP contribution in [0.4, 0.5) is 0 Å². The zero-order valence-corrected chi connectivity index (χ0v) is 19.2. The fraction of sp³-hybridized carbons (Fsp3) is 0.444. The molecule has 0 aliphatic carbocycles. The molecular formula is C18H28Cl2SiZr-2. The molecule has 0 aliphatic rings. The zero-order valence-electron chi connectivity index (χ0n) is 14.2. The van der Waals surface area contributed by atoms with Crippen LogP contribution < -0.4 is 24.8 Å².